The standard InChI is InChI=1S/C11H17N3.C3H8.C2H6/c1-9-7-13-11(8-12-9)14-6-4-3-5-10(14)2;1-3-2;1-2/h7-8,10H,3-6H2,1-2H3;3H2,1-2H3;1-2H3. The molecule has 110 valence electrons. The highest BCUT2D eigenvalue weighted by molar-refractivity contribution is 5.37. The Morgan fingerprint density at radius 3 is 2.26 bits per heavy atom. The zero-order valence-corrected chi connectivity index (χ0v) is 13.6. The Hall–Kier alpha value is -1.12. The molecule has 2 rings (SSSR count). The van der Waals surface area contributed by atoms with Gasteiger partial charge in [-0.3, -0.25) is 4.98 Å². The minimum atomic E-state index is 0.612. The Kier molecular flexibility index (Phi) is 10.1. The summed E-state index contributed by atoms with van der Waals surface area (Å²) < 4.78 is 0. The molecule has 19 heavy (non-hydrogen) atoms. The van der Waals surface area contributed by atoms with Crippen LogP contribution in [0.3, 0.4) is 0 Å². The van der Waals surface area contributed by atoms with E-state index in [-0.39, 0.29) is 0 Å². The first kappa shape index (κ1) is 17.9. The number of anilines is 1. The summed E-state index contributed by atoms with van der Waals surface area (Å²) in [5, 5.41) is 0. The third-order valence-corrected chi connectivity index (χ3v) is 2.86. The van der Waals surface area contributed by atoms with Crippen LogP contribution in [0.1, 0.15) is 66.0 Å². The second-order valence-electron chi connectivity index (χ2n) is 4.76. The summed E-state index contributed by atoms with van der Waals surface area (Å²) in [5.74, 6) is 1.03. The zero-order chi connectivity index (χ0) is 14.7. The van der Waals surface area contributed by atoms with Crippen LogP contribution in [0.15, 0.2) is 12.4 Å². The maximum Gasteiger partial charge on any atom is 0.147 e. The topological polar surface area (TPSA) is 29.0 Å². The lowest BCUT2D eigenvalue weighted by Gasteiger charge is -2.34. The van der Waals surface area contributed by atoms with Crippen molar-refractivity contribution in [2.45, 2.75) is 73.3 Å². The largest absolute Gasteiger partial charge is 0.353 e. The van der Waals surface area contributed by atoms with Crippen LogP contribution in [0.5, 0.6) is 0 Å². The SMILES string of the molecule is CC.CCC.Cc1cnc(N2CCCCC2C)cn1. The van der Waals surface area contributed by atoms with Crippen molar-refractivity contribution >= 4 is 5.82 Å². The van der Waals surface area contributed by atoms with Crippen molar-refractivity contribution < 1.29 is 0 Å². The molecule has 0 N–H and O–H groups in total. The van der Waals surface area contributed by atoms with Crippen molar-refractivity contribution in [3.63, 3.8) is 0 Å². The van der Waals surface area contributed by atoms with Gasteiger partial charge < -0.3 is 4.90 Å². The van der Waals surface area contributed by atoms with Crippen LogP contribution < -0.4 is 4.90 Å². The first-order valence-corrected chi connectivity index (χ1v) is 7.74. The number of nitrogens with zero attached hydrogens (tertiary/aromatic N) is 3. The molecule has 1 saturated heterocycles. The van der Waals surface area contributed by atoms with E-state index >= 15 is 0 Å². The van der Waals surface area contributed by atoms with Crippen molar-refractivity contribution in [3.8, 4) is 0 Å². The van der Waals surface area contributed by atoms with Gasteiger partial charge in [0, 0.05) is 12.6 Å². The summed E-state index contributed by atoms with van der Waals surface area (Å²) in [5.41, 5.74) is 0.985. The summed E-state index contributed by atoms with van der Waals surface area (Å²) in [4.78, 5) is 11.1. The summed E-state index contributed by atoms with van der Waals surface area (Å²) in [6, 6.07) is 0.612. The molecule has 3 nitrogen and oxygen atoms in total. The van der Waals surface area contributed by atoms with E-state index in [1.54, 1.807) is 0 Å². The average Bonchev–Trinajstić information content (AvgIpc) is 2.44. The van der Waals surface area contributed by atoms with Gasteiger partial charge in [-0.1, -0.05) is 34.1 Å². The Bertz CT molecular complexity index is 308. The van der Waals surface area contributed by atoms with Crippen LogP contribution in [0, 0.1) is 6.92 Å². The number of rotatable bonds is 1. The van der Waals surface area contributed by atoms with E-state index in [0.717, 1.165) is 18.1 Å². The molecule has 1 aromatic heterocycles. The van der Waals surface area contributed by atoms with E-state index in [0.29, 0.717) is 6.04 Å². The monoisotopic (exact) mass is 265 g/mol. The van der Waals surface area contributed by atoms with Gasteiger partial charge in [0.15, 0.2) is 0 Å². The maximum absolute atomic E-state index is 4.42. The van der Waals surface area contributed by atoms with Crippen LogP contribution in [-0.4, -0.2) is 22.6 Å². The van der Waals surface area contributed by atoms with Gasteiger partial charge in [0.05, 0.1) is 18.1 Å². The predicted molar refractivity (Wildman–Crippen MR) is 84.7 cm³/mol. The Morgan fingerprint density at radius 2 is 1.79 bits per heavy atom. The average molecular weight is 265 g/mol. The van der Waals surface area contributed by atoms with Crippen molar-refractivity contribution in [3.05, 3.63) is 18.1 Å². The molecule has 1 atom stereocenters. The molecule has 0 amide bonds. The molecular formula is C16H31N3. The van der Waals surface area contributed by atoms with Gasteiger partial charge in [-0.15, -0.1) is 0 Å². The maximum atomic E-state index is 4.42. The molecular weight excluding hydrogens is 234 g/mol. The summed E-state index contributed by atoms with van der Waals surface area (Å²) in [7, 11) is 0. The lowest BCUT2D eigenvalue weighted by Crippen LogP contribution is -2.38. The predicted octanol–water partition coefficient (Wildman–Crippen LogP) is 4.61. The van der Waals surface area contributed by atoms with E-state index in [1.807, 2.05) is 33.2 Å². The molecule has 0 aliphatic carbocycles. The normalized spacial score (nSPS) is 17.8. The first-order valence-electron chi connectivity index (χ1n) is 7.74. The van der Waals surface area contributed by atoms with Gasteiger partial charge in [-0.05, 0) is 33.1 Å². The fourth-order valence-corrected chi connectivity index (χ4v) is 1.97. The van der Waals surface area contributed by atoms with Gasteiger partial charge in [-0.2, -0.15) is 0 Å². The van der Waals surface area contributed by atoms with E-state index in [9.17, 15) is 0 Å². The molecule has 1 fully saturated rings. The van der Waals surface area contributed by atoms with Gasteiger partial charge in [0.25, 0.3) is 0 Å². The molecule has 1 unspecified atom stereocenters. The van der Waals surface area contributed by atoms with Gasteiger partial charge in [0.1, 0.15) is 5.82 Å². The second kappa shape index (κ2) is 10.8. The van der Waals surface area contributed by atoms with Crippen molar-refractivity contribution in [2.75, 3.05) is 11.4 Å². The minimum absolute atomic E-state index is 0.612. The molecule has 0 spiro atoms. The van der Waals surface area contributed by atoms with Gasteiger partial charge >= 0.3 is 0 Å². The molecule has 3 heteroatoms. The zero-order valence-electron chi connectivity index (χ0n) is 13.6. The van der Waals surface area contributed by atoms with E-state index in [1.165, 1.54) is 25.7 Å². The molecule has 0 saturated carbocycles. The fourth-order valence-electron chi connectivity index (χ4n) is 1.97. The van der Waals surface area contributed by atoms with Gasteiger partial charge in [0.2, 0.25) is 0 Å². The third-order valence-electron chi connectivity index (χ3n) is 2.86. The number of hydrogen-bond acceptors (Lipinski definition) is 3. The lowest BCUT2D eigenvalue weighted by molar-refractivity contribution is 0.480. The Balaban J connectivity index is 0.000000573. The lowest BCUT2D eigenvalue weighted by atomic mass is 10.0. The number of piperidine rings is 1. The highest BCUT2D eigenvalue weighted by atomic mass is 15.2. The van der Waals surface area contributed by atoms with Crippen molar-refractivity contribution in [2.24, 2.45) is 0 Å². The Labute approximate surface area is 119 Å². The number of aromatic nitrogens is 2. The van der Waals surface area contributed by atoms with Gasteiger partial charge in [-0.25, -0.2) is 4.98 Å². The second-order valence-corrected chi connectivity index (χ2v) is 4.76. The van der Waals surface area contributed by atoms with Crippen LogP contribution in [0.25, 0.3) is 0 Å². The quantitative estimate of drug-likeness (QED) is 0.742. The molecule has 0 bridgehead atoms. The van der Waals surface area contributed by atoms with E-state index < -0.39 is 0 Å². The van der Waals surface area contributed by atoms with Crippen LogP contribution >= 0.6 is 0 Å². The summed E-state index contributed by atoms with van der Waals surface area (Å²) >= 11 is 0. The summed E-state index contributed by atoms with van der Waals surface area (Å²) in [6.45, 7) is 13.6. The van der Waals surface area contributed by atoms with Crippen LogP contribution in [0.2, 0.25) is 0 Å². The summed E-state index contributed by atoms with van der Waals surface area (Å²) in [6.07, 6.45) is 8.88. The van der Waals surface area contributed by atoms with Crippen molar-refractivity contribution in [1.82, 2.24) is 9.97 Å². The van der Waals surface area contributed by atoms with Crippen LogP contribution in [0.4, 0.5) is 5.82 Å². The fraction of sp³-hybridized carbons (Fsp3) is 0.750. The molecule has 1 aromatic rings. The highest BCUT2D eigenvalue weighted by Gasteiger charge is 2.19. The van der Waals surface area contributed by atoms with Crippen LogP contribution in [-0.2, 0) is 0 Å². The molecule has 1 aliphatic rings. The molecule has 2 heterocycles. The molecule has 0 aromatic carbocycles. The van der Waals surface area contributed by atoms with E-state index in [4.69, 9.17) is 0 Å². The smallest absolute Gasteiger partial charge is 0.147 e. The number of aryl methyl sites for hydroxylation is 1. The third kappa shape index (κ3) is 6.55. The minimum Gasteiger partial charge on any atom is -0.353 e. The first-order chi connectivity index (χ1) is 9.19. The molecule has 1 aliphatic heterocycles. The molecule has 0 radical (unpaired) electrons. The highest BCUT2D eigenvalue weighted by Crippen LogP contribution is 2.21. The van der Waals surface area contributed by atoms with E-state index in [2.05, 4.69) is 35.6 Å². The Morgan fingerprint density at radius 1 is 1.16 bits per heavy atom. The van der Waals surface area contributed by atoms with Crippen molar-refractivity contribution in [1.29, 1.82) is 0 Å². The number of hydrogen-bond donors (Lipinski definition) is 0.